The van der Waals surface area contributed by atoms with Crippen molar-refractivity contribution < 1.29 is 4.43 Å². The SMILES string of the molecule is CC1(C)O[Si](C)(C)[Si](C)(C)C(C)(C)C1(C)C. The summed E-state index contributed by atoms with van der Waals surface area (Å²) >= 11 is 0. The molecule has 96 valence electrons. The van der Waals surface area contributed by atoms with E-state index in [2.05, 4.69) is 67.7 Å². The zero-order valence-electron chi connectivity index (χ0n) is 12.9. The Morgan fingerprint density at radius 1 is 0.750 bits per heavy atom. The summed E-state index contributed by atoms with van der Waals surface area (Å²) in [6.07, 6.45) is 0. The zero-order chi connectivity index (χ0) is 13.2. The molecule has 0 aromatic carbocycles. The minimum Gasteiger partial charge on any atom is -0.415 e. The van der Waals surface area contributed by atoms with Gasteiger partial charge in [-0.15, -0.1) is 0 Å². The van der Waals surface area contributed by atoms with E-state index in [1.165, 1.54) is 0 Å². The minimum atomic E-state index is -1.54. The second-order valence-corrected chi connectivity index (χ2v) is 23.1. The van der Waals surface area contributed by atoms with Crippen LogP contribution in [-0.2, 0) is 4.43 Å². The fraction of sp³-hybridized carbons (Fsp3) is 1.00. The van der Waals surface area contributed by atoms with E-state index in [1.54, 1.807) is 0 Å². The van der Waals surface area contributed by atoms with E-state index in [1.807, 2.05) is 0 Å². The van der Waals surface area contributed by atoms with E-state index >= 15 is 0 Å². The van der Waals surface area contributed by atoms with Crippen molar-refractivity contribution in [1.82, 2.24) is 0 Å². The molecule has 1 aliphatic rings. The summed E-state index contributed by atoms with van der Waals surface area (Å²) < 4.78 is 6.63. The lowest BCUT2D eigenvalue weighted by Crippen LogP contribution is -2.75. The van der Waals surface area contributed by atoms with Gasteiger partial charge >= 0.3 is 0 Å². The number of rotatable bonds is 0. The van der Waals surface area contributed by atoms with Gasteiger partial charge in [0.15, 0.2) is 7.83 Å². The van der Waals surface area contributed by atoms with E-state index in [4.69, 9.17) is 4.43 Å². The van der Waals surface area contributed by atoms with Gasteiger partial charge < -0.3 is 4.43 Å². The fourth-order valence-electron chi connectivity index (χ4n) is 3.18. The summed E-state index contributed by atoms with van der Waals surface area (Å²) in [6, 6.07) is 0. The summed E-state index contributed by atoms with van der Waals surface area (Å²) in [5.41, 5.74) is 0.229. The van der Waals surface area contributed by atoms with Crippen LogP contribution < -0.4 is 0 Å². The predicted molar refractivity (Wildman–Crippen MR) is 78.0 cm³/mol. The van der Waals surface area contributed by atoms with E-state index in [0.717, 1.165) is 0 Å². The fourth-order valence-corrected chi connectivity index (χ4v) is 15.3. The van der Waals surface area contributed by atoms with Crippen molar-refractivity contribution in [3.63, 3.8) is 0 Å². The van der Waals surface area contributed by atoms with Crippen molar-refractivity contribution in [1.29, 1.82) is 0 Å². The second-order valence-electron chi connectivity index (χ2n) is 8.00. The van der Waals surface area contributed by atoms with Crippen molar-refractivity contribution in [3.8, 4) is 0 Å². The molecular weight excluding hydrogens is 228 g/mol. The molecule has 0 amide bonds. The molecule has 1 saturated heterocycles. The molecule has 0 aliphatic carbocycles. The molecule has 0 aromatic rings. The first-order valence-corrected chi connectivity index (χ1v) is 13.3. The molecule has 0 N–H and O–H groups in total. The molecule has 0 spiro atoms. The summed E-state index contributed by atoms with van der Waals surface area (Å²) in [5.74, 6) is 0. The highest BCUT2D eigenvalue weighted by Gasteiger charge is 2.67. The van der Waals surface area contributed by atoms with Gasteiger partial charge in [-0.3, -0.25) is 0 Å². The zero-order valence-corrected chi connectivity index (χ0v) is 14.9. The Morgan fingerprint density at radius 3 is 1.50 bits per heavy atom. The van der Waals surface area contributed by atoms with Crippen LogP contribution in [0.25, 0.3) is 0 Å². The van der Waals surface area contributed by atoms with Crippen LogP contribution in [0.3, 0.4) is 0 Å². The monoisotopic (exact) mass is 258 g/mol. The molecule has 0 aromatic heterocycles. The average molecular weight is 259 g/mol. The quantitative estimate of drug-likeness (QED) is 0.577. The van der Waals surface area contributed by atoms with Gasteiger partial charge in [0, 0.05) is 0 Å². The molecule has 1 aliphatic heterocycles. The van der Waals surface area contributed by atoms with Gasteiger partial charge in [-0.25, -0.2) is 0 Å². The molecule has 0 unspecified atom stereocenters. The molecule has 0 atom stereocenters. The van der Waals surface area contributed by atoms with Crippen molar-refractivity contribution >= 4 is 15.4 Å². The van der Waals surface area contributed by atoms with Gasteiger partial charge in [0.2, 0.25) is 0 Å². The van der Waals surface area contributed by atoms with Crippen molar-refractivity contribution in [2.75, 3.05) is 0 Å². The van der Waals surface area contributed by atoms with E-state index in [-0.39, 0.29) is 11.0 Å². The standard InChI is InChI=1S/C13H30OSi2/c1-11(2)12(3,4)14-16(9,10)15(7,8)13(11,5)6/h1-10H3. The lowest BCUT2D eigenvalue weighted by Gasteiger charge is -2.67. The third kappa shape index (κ3) is 1.44. The van der Waals surface area contributed by atoms with Crippen LogP contribution >= 0.6 is 0 Å². The van der Waals surface area contributed by atoms with Crippen LogP contribution in [0, 0.1) is 5.41 Å². The molecule has 0 saturated carbocycles. The van der Waals surface area contributed by atoms with Crippen LogP contribution in [0.1, 0.15) is 41.5 Å². The summed E-state index contributed by atoms with van der Waals surface area (Å²) in [6.45, 7) is 24.3. The van der Waals surface area contributed by atoms with E-state index < -0.39 is 15.4 Å². The Kier molecular flexibility index (Phi) is 2.92. The Labute approximate surface area is 104 Å². The molecule has 1 rings (SSSR count). The first-order chi connectivity index (χ1) is 6.71. The van der Waals surface area contributed by atoms with Gasteiger partial charge in [0.05, 0.1) is 13.2 Å². The Morgan fingerprint density at radius 2 is 1.12 bits per heavy atom. The third-order valence-corrected chi connectivity index (χ3v) is 25.6. The van der Waals surface area contributed by atoms with E-state index in [9.17, 15) is 0 Å². The summed E-state index contributed by atoms with van der Waals surface area (Å²) in [7, 11) is -2.89. The first kappa shape index (κ1) is 14.5. The first-order valence-electron chi connectivity index (χ1n) is 6.41. The molecule has 1 heterocycles. The van der Waals surface area contributed by atoms with E-state index in [0.29, 0.717) is 5.04 Å². The van der Waals surface area contributed by atoms with Crippen molar-refractivity contribution in [2.45, 2.75) is 78.4 Å². The molecule has 0 radical (unpaired) electrons. The maximum Gasteiger partial charge on any atom is 0.175 e. The summed E-state index contributed by atoms with van der Waals surface area (Å²) in [5, 5.41) is 0.414. The Balaban J connectivity index is 3.43. The predicted octanol–water partition coefficient (Wildman–Crippen LogP) is 4.59. The second kappa shape index (κ2) is 3.24. The third-order valence-electron chi connectivity index (χ3n) is 6.65. The highest BCUT2D eigenvalue weighted by atomic mass is 29.3. The highest BCUT2D eigenvalue weighted by Crippen LogP contribution is 2.64. The number of hydrogen-bond acceptors (Lipinski definition) is 1. The largest absolute Gasteiger partial charge is 0.415 e. The van der Waals surface area contributed by atoms with Gasteiger partial charge in [0.25, 0.3) is 0 Å². The lowest BCUT2D eigenvalue weighted by atomic mass is 9.68. The topological polar surface area (TPSA) is 9.23 Å². The van der Waals surface area contributed by atoms with Gasteiger partial charge in [-0.05, 0) is 37.4 Å². The molecule has 1 fully saturated rings. The van der Waals surface area contributed by atoms with Crippen LogP contribution in [0.15, 0.2) is 0 Å². The maximum atomic E-state index is 6.63. The Bertz CT molecular complexity index is 273. The summed E-state index contributed by atoms with van der Waals surface area (Å²) in [4.78, 5) is 0. The van der Waals surface area contributed by atoms with Gasteiger partial charge in [-0.2, -0.15) is 0 Å². The van der Waals surface area contributed by atoms with Crippen molar-refractivity contribution in [2.24, 2.45) is 5.41 Å². The lowest BCUT2D eigenvalue weighted by molar-refractivity contribution is -0.0507. The van der Waals surface area contributed by atoms with Crippen LogP contribution in [0.5, 0.6) is 0 Å². The average Bonchev–Trinajstić information content (AvgIpc) is 1.98. The van der Waals surface area contributed by atoms with Crippen LogP contribution in [0.4, 0.5) is 0 Å². The molecule has 3 heteroatoms. The Hall–Kier alpha value is 0.394. The molecule has 0 bridgehead atoms. The van der Waals surface area contributed by atoms with Gasteiger partial charge in [0.1, 0.15) is 0 Å². The molecular formula is C13H30OSi2. The highest BCUT2D eigenvalue weighted by molar-refractivity contribution is 7.39. The van der Waals surface area contributed by atoms with Crippen LogP contribution in [0.2, 0.25) is 31.2 Å². The van der Waals surface area contributed by atoms with Crippen LogP contribution in [-0.4, -0.2) is 21.0 Å². The normalized spacial score (nSPS) is 33.4. The molecule has 1 nitrogen and oxygen atoms in total. The minimum absolute atomic E-state index is 0.00522. The van der Waals surface area contributed by atoms with Gasteiger partial charge in [-0.1, -0.05) is 40.8 Å². The number of hydrogen-bond donors (Lipinski definition) is 0. The molecule has 16 heavy (non-hydrogen) atoms. The maximum absolute atomic E-state index is 6.63. The van der Waals surface area contributed by atoms with Crippen molar-refractivity contribution in [3.05, 3.63) is 0 Å². The smallest absolute Gasteiger partial charge is 0.175 e.